The van der Waals surface area contributed by atoms with Crippen molar-refractivity contribution in [1.82, 2.24) is 5.32 Å². The number of carbonyl (C=O) groups excluding carboxylic acids is 3. The maximum Gasteiger partial charge on any atom is 0.350 e. The van der Waals surface area contributed by atoms with Crippen LogP contribution in [0.3, 0.4) is 0 Å². The monoisotopic (exact) mass is 462 g/mol. The molecule has 31 heavy (non-hydrogen) atoms. The van der Waals surface area contributed by atoms with Crippen molar-refractivity contribution >= 4 is 56.5 Å². The van der Waals surface area contributed by atoms with Crippen LogP contribution < -0.4 is 10.6 Å². The molecule has 0 radical (unpaired) electrons. The van der Waals surface area contributed by atoms with Crippen LogP contribution in [0.4, 0.5) is 10.1 Å². The minimum atomic E-state index is -0.794. The summed E-state index contributed by atoms with van der Waals surface area (Å²) in [5, 5.41) is 5.85. The Labute approximate surface area is 187 Å². The summed E-state index contributed by atoms with van der Waals surface area (Å²) in [5.41, 5.74) is 3.64. The van der Waals surface area contributed by atoms with E-state index in [0.717, 1.165) is 28.0 Å². The second-order valence-electron chi connectivity index (χ2n) is 7.06. The van der Waals surface area contributed by atoms with E-state index in [9.17, 15) is 18.8 Å². The number of halogens is 2. The van der Waals surface area contributed by atoms with Crippen molar-refractivity contribution < 1.29 is 23.5 Å². The van der Waals surface area contributed by atoms with E-state index in [4.69, 9.17) is 16.3 Å². The standard InChI is InChI=1S/C22H20ClFN2O4S/c1-11-6-12(2)20(13(3)7-11)26-17(27)9-25-18(28)10-30-22(29)21-19(23)15-5-4-14(24)8-16(15)31-21/h4-8H,9-10H2,1-3H3,(H,25,28)(H,26,27). The molecule has 3 rings (SSSR count). The van der Waals surface area contributed by atoms with Gasteiger partial charge < -0.3 is 15.4 Å². The number of rotatable bonds is 6. The third-order valence-electron chi connectivity index (χ3n) is 4.50. The number of amides is 2. The quantitative estimate of drug-likeness (QED) is 0.527. The summed E-state index contributed by atoms with van der Waals surface area (Å²) < 4.78 is 18.8. The Morgan fingerprint density at radius 2 is 1.74 bits per heavy atom. The van der Waals surface area contributed by atoms with Gasteiger partial charge in [-0.15, -0.1) is 11.3 Å². The summed E-state index contributed by atoms with van der Waals surface area (Å²) in [4.78, 5) is 36.5. The zero-order valence-electron chi connectivity index (χ0n) is 17.1. The molecule has 2 aromatic carbocycles. The Kier molecular flexibility index (Phi) is 6.92. The Morgan fingerprint density at radius 3 is 2.42 bits per heavy atom. The fourth-order valence-electron chi connectivity index (χ4n) is 3.16. The number of carbonyl (C=O) groups is 3. The van der Waals surface area contributed by atoms with E-state index in [1.165, 1.54) is 18.2 Å². The Hall–Kier alpha value is -2.97. The molecule has 0 fully saturated rings. The topological polar surface area (TPSA) is 84.5 Å². The van der Waals surface area contributed by atoms with Crippen LogP contribution in [0.5, 0.6) is 0 Å². The minimum Gasteiger partial charge on any atom is -0.451 e. The van der Waals surface area contributed by atoms with E-state index in [0.29, 0.717) is 15.8 Å². The number of nitrogens with one attached hydrogen (secondary N) is 2. The predicted octanol–water partition coefficient (Wildman–Crippen LogP) is 4.53. The number of aryl methyl sites for hydroxylation is 3. The lowest BCUT2D eigenvalue weighted by molar-refractivity contribution is -0.126. The van der Waals surface area contributed by atoms with Gasteiger partial charge in [0.15, 0.2) is 6.61 Å². The number of anilines is 1. The van der Waals surface area contributed by atoms with Crippen molar-refractivity contribution in [2.75, 3.05) is 18.5 Å². The first-order valence-corrected chi connectivity index (χ1v) is 10.5. The lowest BCUT2D eigenvalue weighted by atomic mass is 10.1. The average Bonchev–Trinajstić information content (AvgIpc) is 3.03. The van der Waals surface area contributed by atoms with E-state index < -0.39 is 30.2 Å². The highest BCUT2D eigenvalue weighted by molar-refractivity contribution is 7.21. The average molecular weight is 463 g/mol. The van der Waals surface area contributed by atoms with E-state index in [2.05, 4.69) is 10.6 Å². The zero-order chi connectivity index (χ0) is 22.7. The van der Waals surface area contributed by atoms with Gasteiger partial charge in [-0.25, -0.2) is 9.18 Å². The molecule has 2 amide bonds. The summed E-state index contributed by atoms with van der Waals surface area (Å²) in [5.74, 6) is -2.27. The lowest BCUT2D eigenvalue weighted by Crippen LogP contribution is -2.35. The third kappa shape index (κ3) is 5.39. The fraction of sp³-hybridized carbons (Fsp3) is 0.227. The summed E-state index contributed by atoms with van der Waals surface area (Å²) in [6, 6.07) is 7.89. The van der Waals surface area contributed by atoms with Gasteiger partial charge in [0, 0.05) is 15.8 Å². The molecule has 2 N–H and O–H groups in total. The number of ether oxygens (including phenoxy) is 1. The van der Waals surface area contributed by atoms with Gasteiger partial charge in [-0.3, -0.25) is 9.59 Å². The molecule has 0 atom stereocenters. The maximum atomic E-state index is 13.3. The van der Waals surface area contributed by atoms with E-state index >= 15 is 0 Å². The molecule has 9 heteroatoms. The molecule has 0 saturated heterocycles. The van der Waals surface area contributed by atoms with Crippen molar-refractivity contribution in [3.63, 3.8) is 0 Å². The highest BCUT2D eigenvalue weighted by Gasteiger charge is 2.20. The first-order valence-electron chi connectivity index (χ1n) is 9.34. The number of benzene rings is 2. The summed E-state index contributed by atoms with van der Waals surface area (Å²) in [6.07, 6.45) is 0. The third-order valence-corrected chi connectivity index (χ3v) is 6.14. The molecule has 6 nitrogen and oxygen atoms in total. The Bertz CT molecular complexity index is 1170. The second kappa shape index (κ2) is 9.45. The Morgan fingerprint density at radius 1 is 1.06 bits per heavy atom. The SMILES string of the molecule is Cc1cc(C)c(NC(=O)CNC(=O)COC(=O)c2sc3cc(F)ccc3c2Cl)c(C)c1. The maximum absolute atomic E-state index is 13.3. The van der Waals surface area contributed by atoms with Crippen molar-refractivity contribution in [2.24, 2.45) is 0 Å². The number of esters is 1. The largest absolute Gasteiger partial charge is 0.451 e. The molecular formula is C22H20ClFN2O4S. The fourth-order valence-corrected chi connectivity index (χ4v) is 4.58. The van der Waals surface area contributed by atoms with E-state index in [-0.39, 0.29) is 16.4 Å². The van der Waals surface area contributed by atoms with Crippen LogP contribution in [0.15, 0.2) is 30.3 Å². The van der Waals surface area contributed by atoms with Crippen LogP contribution in [0.2, 0.25) is 5.02 Å². The van der Waals surface area contributed by atoms with E-state index in [1.54, 1.807) is 0 Å². The molecule has 0 aliphatic heterocycles. The van der Waals surface area contributed by atoms with Crippen LogP contribution in [-0.2, 0) is 14.3 Å². The van der Waals surface area contributed by atoms with Gasteiger partial charge >= 0.3 is 5.97 Å². The second-order valence-corrected chi connectivity index (χ2v) is 8.49. The summed E-state index contributed by atoms with van der Waals surface area (Å²) >= 11 is 7.15. The van der Waals surface area contributed by atoms with Crippen LogP contribution >= 0.6 is 22.9 Å². The first kappa shape index (κ1) is 22.7. The molecule has 0 aliphatic rings. The molecule has 3 aromatic rings. The minimum absolute atomic E-state index is 0.0816. The predicted molar refractivity (Wildman–Crippen MR) is 119 cm³/mol. The Balaban J connectivity index is 1.52. The van der Waals surface area contributed by atoms with Crippen LogP contribution in [0.1, 0.15) is 26.4 Å². The molecule has 0 aliphatic carbocycles. The van der Waals surface area contributed by atoms with Crippen LogP contribution in [0, 0.1) is 26.6 Å². The van der Waals surface area contributed by atoms with Gasteiger partial charge in [0.1, 0.15) is 10.7 Å². The number of thiophene rings is 1. The molecule has 0 spiro atoms. The van der Waals surface area contributed by atoms with Gasteiger partial charge in [-0.2, -0.15) is 0 Å². The molecule has 162 valence electrons. The van der Waals surface area contributed by atoms with Crippen molar-refractivity contribution in [2.45, 2.75) is 20.8 Å². The molecule has 0 bridgehead atoms. The number of hydrogen-bond acceptors (Lipinski definition) is 5. The lowest BCUT2D eigenvalue weighted by Gasteiger charge is -2.13. The van der Waals surface area contributed by atoms with Crippen molar-refractivity contribution in [3.8, 4) is 0 Å². The van der Waals surface area contributed by atoms with Gasteiger partial charge in [0.2, 0.25) is 5.91 Å². The van der Waals surface area contributed by atoms with Gasteiger partial charge in [-0.1, -0.05) is 29.3 Å². The normalized spacial score (nSPS) is 10.7. The number of hydrogen-bond donors (Lipinski definition) is 2. The summed E-state index contributed by atoms with van der Waals surface area (Å²) in [6.45, 7) is 4.90. The van der Waals surface area contributed by atoms with Gasteiger partial charge in [-0.05, 0) is 50.1 Å². The first-order chi connectivity index (χ1) is 14.7. The highest BCUT2D eigenvalue weighted by atomic mass is 35.5. The zero-order valence-corrected chi connectivity index (χ0v) is 18.7. The highest BCUT2D eigenvalue weighted by Crippen LogP contribution is 2.36. The van der Waals surface area contributed by atoms with E-state index in [1.807, 2.05) is 32.9 Å². The summed E-state index contributed by atoms with van der Waals surface area (Å²) in [7, 11) is 0. The van der Waals surface area contributed by atoms with Gasteiger partial charge in [0.25, 0.3) is 5.91 Å². The van der Waals surface area contributed by atoms with Crippen LogP contribution in [-0.4, -0.2) is 30.9 Å². The molecule has 0 unspecified atom stereocenters. The molecule has 0 saturated carbocycles. The van der Waals surface area contributed by atoms with Crippen molar-refractivity contribution in [3.05, 3.63) is 62.7 Å². The van der Waals surface area contributed by atoms with Crippen molar-refractivity contribution in [1.29, 1.82) is 0 Å². The molecule has 1 heterocycles. The van der Waals surface area contributed by atoms with Gasteiger partial charge in [0.05, 0.1) is 11.6 Å². The smallest absolute Gasteiger partial charge is 0.350 e. The molecule has 1 aromatic heterocycles. The molecular weight excluding hydrogens is 443 g/mol. The van der Waals surface area contributed by atoms with Crippen LogP contribution in [0.25, 0.3) is 10.1 Å². The number of fused-ring (bicyclic) bond motifs is 1.